The Hall–Kier alpha value is -4.04. The summed E-state index contributed by atoms with van der Waals surface area (Å²) in [5.74, 6) is -1.04. The molecule has 0 aliphatic carbocycles. The molecule has 10 nitrogen and oxygen atoms in total. The number of halogens is 5. The largest absolute Gasteiger partial charge is 0.417 e. The molecule has 3 aromatic heterocycles. The first-order valence-corrected chi connectivity index (χ1v) is 14.1. The van der Waals surface area contributed by atoms with Crippen LogP contribution in [0.5, 0.6) is 0 Å². The molecule has 15 heteroatoms. The van der Waals surface area contributed by atoms with Gasteiger partial charge in [-0.2, -0.15) is 18.3 Å². The van der Waals surface area contributed by atoms with Gasteiger partial charge in [0.15, 0.2) is 0 Å². The second-order valence-electron chi connectivity index (χ2n) is 10.1. The van der Waals surface area contributed by atoms with Gasteiger partial charge in [-0.1, -0.05) is 27.5 Å². The number of carbonyl (C=O) groups excluding carboxylic acids is 2. The van der Waals surface area contributed by atoms with Gasteiger partial charge in [-0.15, -0.1) is 0 Å². The number of alkyl halides is 3. The van der Waals surface area contributed by atoms with E-state index < -0.39 is 35.2 Å². The van der Waals surface area contributed by atoms with E-state index in [9.17, 15) is 27.6 Å². The molecular formula is C28H24BrClF3N7O3. The Bertz CT molecular complexity index is 1850. The molecular weight excluding hydrogens is 655 g/mol. The van der Waals surface area contributed by atoms with Crippen molar-refractivity contribution in [3.63, 3.8) is 0 Å². The molecule has 4 heterocycles. The van der Waals surface area contributed by atoms with Gasteiger partial charge in [0.25, 0.3) is 17.4 Å². The van der Waals surface area contributed by atoms with E-state index in [2.05, 4.69) is 31.3 Å². The van der Waals surface area contributed by atoms with E-state index in [1.54, 1.807) is 26.8 Å². The number of benzene rings is 1. The molecule has 2 amide bonds. The first-order valence-electron chi connectivity index (χ1n) is 13.0. The average molecular weight is 679 g/mol. The molecule has 0 fully saturated rings. The highest BCUT2D eigenvalue weighted by atomic mass is 79.9. The Labute approximate surface area is 256 Å². The molecule has 4 aromatic rings. The fourth-order valence-corrected chi connectivity index (χ4v) is 5.72. The number of nitrogens with one attached hydrogen (secondary N) is 1. The minimum atomic E-state index is -4.66. The van der Waals surface area contributed by atoms with Crippen molar-refractivity contribution in [1.82, 2.24) is 34.5 Å². The van der Waals surface area contributed by atoms with Crippen molar-refractivity contribution in [1.29, 1.82) is 0 Å². The Morgan fingerprint density at radius 3 is 2.49 bits per heavy atom. The number of amides is 2. The lowest BCUT2D eigenvalue weighted by molar-refractivity contribution is -0.138. The second-order valence-corrected chi connectivity index (χ2v) is 11.4. The quantitative estimate of drug-likeness (QED) is 0.332. The summed E-state index contributed by atoms with van der Waals surface area (Å²) in [5, 5.41) is 6.95. The minimum Gasteiger partial charge on any atom is -0.354 e. The molecule has 1 aliphatic heterocycles. The van der Waals surface area contributed by atoms with E-state index >= 15 is 0 Å². The van der Waals surface area contributed by atoms with E-state index in [0.717, 1.165) is 6.07 Å². The monoisotopic (exact) mass is 677 g/mol. The molecule has 1 N–H and O–H groups in total. The molecule has 0 bridgehead atoms. The fourth-order valence-electron chi connectivity index (χ4n) is 5.00. The van der Waals surface area contributed by atoms with Crippen molar-refractivity contribution in [2.45, 2.75) is 46.0 Å². The number of nitrogens with zero attached hydrogens (tertiary/aromatic N) is 6. The number of aromatic nitrogens is 5. The van der Waals surface area contributed by atoms with Crippen LogP contribution in [0.25, 0.3) is 11.6 Å². The number of aryl methyl sites for hydroxylation is 2. The topological polar surface area (TPSA) is 115 Å². The highest BCUT2D eigenvalue weighted by Crippen LogP contribution is 2.36. The first kappa shape index (κ1) is 30.4. The molecule has 0 saturated heterocycles. The van der Waals surface area contributed by atoms with E-state index in [-0.39, 0.29) is 51.0 Å². The Morgan fingerprint density at radius 1 is 1.16 bits per heavy atom. The number of carbonyl (C=O) groups is 2. The minimum absolute atomic E-state index is 0.0126. The lowest BCUT2D eigenvalue weighted by Gasteiger charge is -2.34. The fraction of sp³-hybridized carbons (Fsp3) is 0.286. The smallest absolute Gasteiger partial charge is 0.354 e. The molecule has 43 heavy (non-hydrogen) atoms. The van der Waals surface area contributed by atoms with E-state index in [0.29, 0.717) is 17.0 Å². The van der Waals surface area contributed by atoms with Gasteiger partial charge in [-0.3, -0.25) is 14.4 Å². The first-order chi connectivity index (χ1) is 20.2. The van der Waals surface area contributed by atoms with Gasteiger partial charge >= 0.3 is 6.18 Å². The van der Waals surface area contributed by atoms with E-state index in [1.807, 2.05) is 0 Å². The zero-order valence-corrected chi connectivity index (χ0v) is 25.6. The standard InChI is InChI=1S/C28H24BrClF3N7O3/c1-13-7-15(3)40(37-13)27-36-22-12-38(25(42)16-5-6-20(29)19(9-16)28(31,32)33)14(2)8-18(22)26(43)39(27)17-10-21(30)23(35-11-17)24(41)34-4/h5-7,9-11,14H,8,12H2,1-4H3,(H,34,41). The van der Waals surface area contributed by atoms with Crippen LogP contribution >= 0.6 is 27.5 Å². The molecule has 1 unspecified atom stereocenters. The SMILES string of the molecule is CNC(=O)c1ncc(-n2c(-n3nc(C)cc3C)nc3c(c2=O)CC(C)N(C(=O)c2ccc(Br)c(C(F)(F)F)c2)C3)cc1Cl. The van der Waals surface area contributed by atoms with Crippen LogP contribution in [0, 0.1) is 13.8 Å². The molecule has 0 radical (unpaired) electrons. The van der Waals surface area contributed by atoms with Gasteiger partial charge in [0.2, 0.25) is 5.95 Å². The summed E-state index contributed by atoms with van der Waals surface area (Å²) in [6.45, 7) is 5.14. The van der Waals surface area contributed by atoms with Gasteiger partial charge in [0, 0.05) is 34.4 Å². The van der Waals surface area contributed by atoms with E-state index in [4.69, 9.17) is 16.6 Å². The predicted octanol–water partition coefficient (Wildman–Crippen LogP) is 4.81. The maximum atomic E-state index is 14.1. The second kappa shape index (κ2) is 11.2. The predicted molar refractivity (Wildman–Crippen MR) is 155 cm³/mol. The van der Waals surface area contributed by atoms with Crippen molar-refractivity contribution in [2.24, 2.45) is 0 Å². The highest BCUT2D eigenvalue weighted by Gasteiger charge is 2.36. The van der Waals surface area contributed by atoms with Gasteiger partial charge in [0.1, 0.15) is 5.69 Å². The lowest BCUT2D eigenvalue weighted by atomic mass is 9.98. The van der Waals surface area contributed by atoms with Crippen molar-refractivity contribution >= 4 is 39.3 Å². The summed E-state index contributed by atoms with van der Waals surface area (Å²) in [6, 6.07) is 5.98. The maximum Gasteiger partial charge on any atom is 0.417 e. The molecule has 5 rings (SSSR count). The van der Waals surface area contributed by atoms with Crippen LogP contribution in [0.2, 0.25) is 5.02 Å². The van der Waals surface area contributed by atoms with Crippen molar-refractivity contribution in [2.75, 3.05) is 7.05 Å². The molecule has 1 aliphatic rings. The zero-order chi connectivity index (χ0) is 31.4. The zero-order valence-electron chi connectivity index (χ0n) is 23.3. The Balaban J connectivity index is 1.64. The van der Waals surface area contributed by atoms with Crippen molar-refractivity contribution in [3.05, 3.63) is 95.8 Å². The molecule has 1 aromatic carbocycles. The van der Waals surface area contributed by atoms with Gasteiger partial charge in [-0.05, 0) is 57.5 Å². The number of fused-ring (bicyclic) bond motifs is 1. The summed E-state index contributed by atoms with van der Waals surface area (Å²) >= 11 is 9.27. The van der Waals surface area contributed by atoms with Crippen LogP contribution in [0.15, 0.2) is 45.8 Å². The average Bonchev–Trinajstić information content (AvgIpc) is 3.29. The third-order valence-corrected chi connectivity index (χ3v) is 8.08. The van der Waals surface area contributed by atoms with E-state index in [1.165, 1.54) is 45.6 Å². The maximum absolute atomic E-state index is 14.1. The summed E-state index contributed by atoms with van der Waals surface area (Å²) in [6.07, 6.45) is -3.24. The normalized spacial score (nSPS) is 14.9. The van der Waals surface area contributed by atoms with Gasteiger partial charge in [0.05, 0.1) is 40.4 Å². The molecule has 0 spiro atoms. The molecule has 224 valence electrons. The van der Waals surface area contributed by atoms with Crippen LogP contribution in [-0.2, 0) is 19.1 Å². The van der Waals surface area contributed by atoms with Crippen LogP contribution in [-0.4, -0.2) is 54.1 Å². The lowest BCUT2D eigenvalue weighted by Crippen LogP contribution is -2.46. The third kappa shape index (κ3) is 5.56. The summed E-state index contributed by atoms with van der Waals surface area (Å²) in [5.41, 5.74) is 0.560. The Kier molecular flexibility index (Phi) is 7.94. The molecule has 1 atom stereocenters. The third-order valence-electron chi connectivity index (χ3n) is 7.10. The van der Waals surface area contributed by atoms with Crippen LogP contribution in [0.4, 0.5) is 13.2 Å². The van der Waals surface area contributed by atoms with Crippen LogP contribution in [0.3, 0.4) is 0 Å². The van der Waals surface area contributed by atoms with Gasteiger partial charge < -0.3 is 10.2 Å². The van der Waals surface area contributed by atoms with Gasteiger partial charge in [-0.25, -0.2) is 19.2 Å². The summed E-state index contributed by atoms with van der Waals surface area (Å²) < 4.78 is 43.2. The van der Waals surface area contributed by atoms with Crippen LogP contribution in [0.1, 0.15) is 56.0 Å². The number of pyridine rings is 1. The number of hydrogen-bond acceptors (Lipinski definition) is 6. The summed E-state index contributed by atoms with van der Waals surface area (Å²) in [4.78, 5) is 50.1. The summed E-state index contributed by atoms with van der Waals surface area (Å²) in [7, 11) is 1.44. The Morgan fingerprint density at radius 2 is 1.88 bits per heavy atom. The van der Waals surface area contributed by atoms with Crippen molar-refractivity contribution < 1.29 is 22.8 Å². The molecule has 0 saturated carbocycles. The number of rotatable bonds is 4. The highest BCUT2D eigenvalue weighted by molar-refractivity contribution is 9.10. The number of hydrogen-bond donors (Lipinski definition) is 1. The van der Waals surface area contributed by atoms with Crippen LogP contribution < -0.4 is 10.9 Å². The van der Waals surface area contributed by atoms with Crippen molar-refractivity contribution in [3.8, 4) is 11.6 Å².